The van der Waals surface area contributed by atoms with Gasteiger partial charge in [0.25, 0.3) is 5.91 Å². The van der Waals surface area contributed by atoms with Crippen molar-refractivity contribution in [3.63, 3.8) is 0 Å². The maximum absolute atomic E-state index is 12.5. The zero-order chi connectivity index (χ0) is 14.0. The molecular weight excluding hydrogens is 246 g/mol. The van der Waals surface area contributed by atoms with E-state index >= 15 is 0 Å². The van der Waals surface area contributed by atoms with Crippen molar-refractivity contribution >= 4 is 11.9 Å². The molecule has 104 valence electrons. The van der Waals surface area contributed by atoms with E-state index in [0.717, 1.165) is 12.1 Å². The number of aromatic amines is 1. The Bertz CT molecular complexity index is 476. The van der Waals surface area contributed by atoms with E-state index in [0.29, 0.717) is 30.8 Å². The van der Waals surface area contributed by atoms with Crippen LogP contribution in [0.15, 0.2) is 0 Å². The first-order valence-corrected chi connectivity index (χ1v) is 6.55. The highest BCUT2D eigenvalue weighted by Crippen LogP contribution is 2.23. The first kappa shape index (κ1) is 13.6. The van der Waals surface area contributed by atoms with E-state index in [2.05, 4.69) is 10.2 Å². The third kappa shape index (κ3) is 2.47. The molecule has 1 fully saturated rings. The standard InChI is InChI=1S/C13H19N3O3/c1-4-19-13(18)10-6-5-7-16(10)12(17)11-8(2)14-15-9(11)3/h10H,4-7H2,1-3H3,(H,14,15). The van der Waals surface area contributed by atoms with Gasteiger partial charge in [0.05, 0.1) is 17.9 Å². The Kier molecular flexibility index (Phi) is 3.87. The number of likely N-dealkylation sites (tertiary alicyclic amines) is 1. The van der Waals surface area contributed by atoms with E-state index in [1.54, 1.807) is 18.7 Å². The van der Waals surface area contributed by atoms with Crippen LogP contribution in [0.2, 0.25) is 0 Å². The number of esters is 1. The highest BCUT2D eigenvalue weighted by Gasteiger charge is 2.36. The summed E-state index contributed by atoms with van der Waals surface area (Å²) in [4.78, 5) is 26.0. The summed E-state index contributed by atoms with van der Waals surface area (Å²) in [6.07, 6.45) is 1.49. The molecule has 0 aromatic carbocycles. The molecular formula is C13H19N3O3. The number of carbonyl (C=O) groups excluding carboxylic acids is 2. The van der Waals surface area contributed by atoms with Gasteiger partial charge in [-0.15, -0.1) is 0 Å². The normalized spacial score (nSPS) is 18.7. The molecule has 1 saturated heterocycles. The Morgan fingerprint density at radius 2 is 2.21 bits per heavy atom. The molecule has 0 aliphatic carbocycles. The first-order chi connectivity index (χ1) is 9.06. The summed E-state index contributed by atoms with van der Waals surface area (Å²) in [7, 11) is 0. The average molecular weight is 265 g/mol. The van der Waals surface area contributed by atoms with Crippen LogP contribution in [-0.2, 0) is 9.53 Å². The summed E-state index contributed by atoms with van der Waals surface area (Å²) in [5, 5.41) is 6.82. The molecule has 0 spiro atoms. The lowest BCUT2D eigenvalue weighted by molar-refractivity contribution is -0.147. The Hall–Kier alpha value is -1.85. The number of aromatic nitrogens is 2. The van der Waals surface area contributed by atoms with Crippen LogP contribution >= 0.6 is 0 Å². The Morgan fingerprint density at radius 1 is 1.47 bits per heavy atom. The molecule has 1 aliphatic rings. The molecule has 1 aromatic heterocycles. The van der Waals surface area contributed by atoms with Gasteiger partial charge in [0.1, 0.15) is 6.04 Å². The summed E-state index contributed by atoms with van der Waals surface area (Å²) >= 11 is 0. The molecule has 0 saturated carbocycles. The summed E-state index contributed by atoms with van der Waals surface area (Å²) < 4.78 is 5.03. The third-order valence-electron chi connectivity index (χ3n) is 3.41. The number of nitrogens with zero attached hydrogens (tertiary/aromatic N) is 2. The molecule has 6 nitrogen and oxygen atoms in total. The zero-order valence-electron chi connectivity index (χ0n) is 11.5. The number of rotatable bonds is 3. The van der Waals surface area contributed by atoms with Gasteiger partial charge in [-0.05, 0) is 33.6 Å². The lowest BCUT2D eigenvalue weighted by Gasteiger charge is -2.23. The quantitative estimate of drug-likeness (QED) is 0.833. The predicted octanol–water partition coefficient (Wildman–Crippen LogP) is 1.19. The fourth-order valence-corrected chi connectivity index (χ4v) is 2.50. The molecule has 0 bridgehead atoms. The van der Waals surface area contributed by atoms with Crippen molar-refractivity contribution in [1.29, 1.82) is 0 Å². The van der Waals surface area contributed by atoms with Crippen LogP contribution in [0.4, 0.5) is 0 Å². The number of aryl methyl sites for hydroxylation is 2. The van der Waals surface area contributed by atoms with Gasteiger partial charge < -0.3 is 9.64 Å². The number of hydrogen-bond donors (Lipinski definition) is 1. The van der Waals surface area contributed by atoms with Gasteiger partial charge in [0, 0.05) is 12.2 Å². The first-order valence-electron chi connectivity index (χ1n) is 6.55. The summed E-state index contributed by atoms with van der Waals surface area (Å²) in [6.45, 7) is 6.28. The molecule has 19 heavy (non-hydrogen) atoms. The number of hydrogen-bond acceptors (Lipinski definition) is 4. The van der Waals surface area contributed by atoms with Gasteiger partial charge in [-0.3, -0.25) is 9.89 Å². The van der Waals surface area contributed by atoms with E-state index in [-0.39, 0.29) is 11.9 Å². The van der Waals surface area contributed by atoms with E-state index in [1.165, 1.54) is 0 Å². The lowest BCUT2D eigenvalue weighted by Crippen LogP contribution is -2.41. The van der Waals surface area contributed by atoms with Gasteiger partial charge in [-0.2, -0.15) is 5.10 Å². The smallest absolute Gasteiger partial charge is 0.328 e. The topological polar surface area (TPSA) is 75.3 Å². The van der Waals surface area contributed by atoms with Gasteiger partial charge in [0.2, 0.25) is 0 Å². The molecule has 1 N–H and O–H groups in total. The van der Waals surface area contributed by atoms with Crippen molar-refractivity contribution in [2.24, 2.45) is 0 Å². The van der Waals surface area contributed by atoms with Crippen LogP contribution in [-0.4, -0.2) is 46.2 Å². The average Bonchev–Trinajstić information content (AvgIpc) is 2.96. The lowest BCUT2D eigenvalue weighted by atomic mass is 10.1. The van der Waals surface area contributed by atoms with Crippen LogP contribution in [0.5, 0.6) is 0 Å². The fourth-order valence-electron chi connectivity index (χ4n) is 2.50. The SMILES string of the molecule is CCOC(=O)C1CCCN1C(=O)c1c(C)n[nH]c1C. The summed E-state index contributed by atoms with van der Waals surface area (Å²) in [5.41, 5.74) is 1.96. The summed E-state index contributed by atoms with van der Waals surface area (Å²) in [5.74, 6) is -0.452. The van der Waals surface area contributed by atoms with Crippen LogP contribution in [0, 0.1) is 13.8 Å². The second-order valence-corrected chi connectivity index (χ2v) is 4.72. The second-order valence-electron chi connectivity index (χ2n) is 4.72. The van der Waals surface area contributed by atoms with Crippen molar-refractivity contribution in [1.82, 2.24) is 15.1 Å². The number of amides is 1. The van der Waals surface area contributed by atoms with Crippen LogP contribution in [0.3, 0.4) is 0 Å². The van der Waals surface area contributed by atoms with Crippen LogP contribution in [0.1, 0.15) is 41.5 Å². The molecule has 1 aliphatic heterocycles. The van der Waals surface area contributed by atoms with E-state index in [1.807, 2.05) is 6.92 Å². The maximum Gasteiger partial charge on any atom is 0.328 e. The van der Waals surface area contributed by atoms with Crippen molar-refractivity contribution < 1.29 is 14.3 Å². The van der Waals surface area contributed by atoms with Crippen LogP contribution in [0.25, 0.3) is 0 Å². The van der Waals surface area contributed by atoms with Gasteiger partial charge in [-0.25, -0.2) is 4.79 Å². The molecule has 1 amide bonds. The van der Waals surface area contributed by atoms with Crippen molar-refractivity contribution in [2.75, 3.05) is 13.2 Å². The monoisotopic (exact) mass is 265 g/mol. The zero-order valence-corrected chi connectivity index (χ0v) is 11.5. The van der Waals surface area contributed by atoms with E-state index in [9.17, 15) is 9.59 Å². The van der Waals surface area contributed by atoms with Crippen molar-refractivity contribution in [3.8, 4) is 0 Å². The molecule has 0 radical (unpaired) electrons. The minimum Gasteiger partial charge on any atom is -0.464 e. The summed E-state index contributed by atoms with van der Waals surface area (Å²) in [6, 6.07) is -0.457. The molecule has 6 heteroatoms. The number of H-pyrrole nitrogens is 1. The van der Waals surface area contributed by atoms with E-state index in [4.69, 9.17) is 4.74 Å². The van der Waals surface area contributed by atoms with Crippen LogP contribution < -0.4 is 0 Å². The Morgan fingerprint density at radius 3 is 2.79 bits per heavy atom. The largest absolute Gasteiger partial charge is 0.464 e. The van der Waals surface area contributed by atoms with E-state index < -0.39 is 6.04 Å². The number of ether oxygens (including phenoxy) is 1. The third-order valence-corrected chi connectivity index (χ3v) is 3.41. The number of carbonyl (C=O) groups is 2. The molecule has 2 rings (SSSR count). The van der Waals surface area contributed by atoms with Gasteiger partial charge >= 0.3 is 5.97 Å². The Balaban J connectivity index is 2.21. The minimum absolute atomic E-state index is 0.140. The van der Waals surface area contributed by atoms with Gasteiger partial charge in [-0.1, -0.05) is 0 Å². The molecule has 1 aromatic rings. The minimum atomic E-state index is -0.457. The molecule has 2 heterocycles. The Labute approximate surface area is 112 Å². The highest BCUT2D eigenvalue weighted by atomic mass is 16.5. The second kappa shape index (κ2) is 5.42. The predicted molar refractivity (Wildman–Crippen MR) is 68.8 cm³/mol. The van der Waals surface area contributed by atoms with Crippen molar-refractivity contribution in [3.05, 3.63) is 17.0 Å². The number of nitrogens with one attached hydrogen (secondary N) is 1. The maximum atomic E-state index is 12.5. The molecule has 1 atom stereocenters. The van der Waals surface area contributed by atoms with Crippen molar-refractivity contribution in [2.45, 2.75) is 39.7 Å². The highest BCUT2D eigenvalue weighted by molar-refractivity contribution is 5.98. The molecule has 1 unspecified atom stereocenters. The fraction of sp³-hybridized carbons (Fsp3) is 0.615. The van der Waals surface area contributed by atoms with Gasteiger partial charge in [0.15, 0.2) is 0 Å².